The van der Waals surface area contributed by atoms with Crippen molar-refractivity contribution in [2.75, 3.05) is 23.4 Å². The zero-order valence-corrected chi connectivity index (χ0v) is 26.2. The van der Waals surface area contributed by atoms with Gasteiger partial charge in [0.15, 0.2) is 5.75 Å². The highest BCUT2D eigenvalue weighted by Crippen LogP contribution is 2.41. The number of nitrogens with zero attached hydrogens (tertiary/aromatic N) is 5. The van der Waals surface area contributed by atoms with Crippen LogP contribution in [0.25, 0.3) is 17.1 Å². The number of aliphatic hydroxyl groups excluding tert-OH is 1. The van der Waals surface area contributed by atoms with Gasteiger partial charge >= 0.3 is 0 Å². The zero-order valence-electron chi connectivity index (χ0n) is 25.3. The van der Waals surface area contributed by atoms with Crippen molar-refractivity contribution in [2.45, 2.75) is 52.1 Å². The average molecular weight is 608 g/mol. The second kappa shape index (κ2) is 11.1. The Balaban J connectivity index is 1.45. The number of hydrogen-bond acceptors (Lipinski definition) is 8. The van der Waals surface area contributed by atoms with Crippen LogP contribution in [-0.4, -0.2) is 57.3 Å². The smallest absolute Gasteiger partial charge is 0.255 e. The van der Waals surface area contributed by atoms with Crippen LogP contribution in [0.4, 0.5) is 11.4 Å². The number of amides is 1. The molecule has 3 N–H and O–H groups in total. The van der Waals surface area contributed by atoms with Gasteiger partial charge in [-0.2, -0.15) is 0 Å². The molecule has 1 fully saturated rings. The van der Waals surface area contributed by atoms with E-state index in [9.17, 15) is 18.3 Å². The molecular weight excluding hydrogens is 570 g/mol. The second-order valence-electron chi connectivity index (χ2n) is 12.1. The maximum Gasteiger partial charge on any atom is 0.255 e. The molecule has 1 atom stereocenters. The summed E-state index contributed by atoms with van der Waals surface area (Å²) in [6, 6.07) is 8.73. The molecule has 0 spiro atoms. The van der Waals surface area contributed by atoms with E-state index in [2.05, 4.69) is 25.3 Å². The average Bonchev–Trinajstić information content (AvgIpc) is 3.54. The zero-order chi connectivity index (χ0) is 31.3. The molecule has 1 saturated carbocycles. The Morgan fingerprint density at radius 3 is 2.49 bits per heavy atom. The maximum absolute atomic E-state index is 13.5. The van der Waals surface area contributed by atoms with Crippen LogP contribution in [0.15, 0.2) is 42.7 Å². The SMILES string of the molecule is COc1c(NC(=O)c2ccc(C)c(-n3cc(-c4cnc(C(O)C5CC5)n4C)nn3)c2)cc(C(C)(C)C)cc1NS(C)(=O)=O. The van der Waals surface area contributed by atoms with Gasteiger partial charge in [0.1, 0.15) is 17.6 Å². The number of aryl methyl sites for hydroxylation is 1. The molecule has 12 nitrogen and oxygen atoms in total. The Morgan fingerprint density at radius 2 is 1.86 bits per heavy atom. The van der Waals surface area contributed by atoms with Crippen molar-refractivity contribution in [1.82, 2.24) is 24.5 Å². The molecule has 1 amide bonds. The Hall–Kier alpha value is -4.23. The Labute approximate surface area is 251 Å². The van der Waals surface area contributed by atoms with Gasteiger partial charge in [0.25, 0.3) is 5.91 Å². The van der Waals surface area contributed by atoms with Crippen molar-refractivity contribution in [3.8, 4) is 22.8 Å². The Bertz CT molecular complexity index is 1800. The minimum atomic E-state index is -3.61. The van der Waals surface area contributed by atoms with Crippen LogP contribution in [0.2, 0.25) is 0 Å². The third kappa shape index (κ3) is 6.42. The van der Waals surface area contributed by atoms with Crippen molar-refractivity contribution in [3.05, 3.63) is 65.2 Å². The summed E-state index contributed by atoms with van der Waals surface area (Å²) in [5.74, 6) is 0.631. The van der Waals surface area contributed by atoms with Crippen LogP contribution < -0.4 is 14.8 Å². The minimum Gasteiger partial charge on any atom is -0.492 e. The molecular formula is C30H37N7O5S. The molecule has 1 aliphatic rings. The van der Waals surface area contributed by atoms with Gasteiger partial charge in [0.05, 0.1) is 48.5 Å². The lowest BCUT2D eigenvalue weighted by Gasteiger charge is -2.24. The van der Waals surface area contributed by atoms with Crippen molar-refractivity contribution < 1.29 is 23.1 Å². The van der Waals surface area contributed by atoms with Gasteiger partial charge in [-0.15, -0.1) is 5.10 Å². The minimum absolute atomic E-state index is 0.197. The second-order valence-corrected chi connectivity index (χ2v) is 13.8. The molecule has 1 aliphatic carbocycles. The lowest BCUT2D eigenvalue weighted by molar-refractivity contribution is 0.102. The summed E-state index contributed by atoms with van der Waals surface area (Å²) in [7, 11) is -0.350. The van der Waals surface area contributed by atoms with E-state index < -0.39 is 22.0 Å². The topological polar surface area (TPSA) is 153 Å². The van der Waals surface area contributed by atoms with Gasteiger partial charge in [-0.3, -0.25) is 9.52 Å². The number of aromatic nitrogens is 5. The molecule has 2 heterocycles. The van der Waals surface area contributed by atoms with Crippen LogP contribution in [0, 0.1) is 12.8 Å². The van der Waals surface area contributed by atoms with Crippen LogP contribution in [0.5, 0.6) is 5.75 Å². The molecule has 4 aromatic rings. The van der Waals surface area contributed by atoms with Crippen LogP contribution in [-0.2, 0) is 22.5 Å². The fourth-order valence-electron chi connectivity index (χ4n) is 4.90. The number of hydrogen-bond donors (Lipinski definition) is 3. The molecule has 43 heavy (non-hydrogen) atoms. The fraction of sp³-hybridized carbons (Fsp3) is 0.400. The van der Waals surface area contributed by atoms with E-state index in [4.69, 9.17) is 4.74 Å². The Morgan fingerprint density at radius 1 is 1.16 bits per heavy atom. The first-order valence-electron chi connectivity index (χ1n) is 13.9. The monoisotopic (exact) mass is 607 g/mol. The molecule has 0 aliphatic heterocycles. The van der Waals surface area contributed by atoms with Gasteiger partial charge in [-0.1, -0.05) is 32.1 Å². The number of aliphatic hydroxyl groups is 1. The standard InChI is InChI=1S/C30H37N7O5S/c1-17-8-9-19(29(39)32-21-13-20(30(2,3)4)14-22(27(21)42-6)34-43(7,40)41)12-24(17)37-16-23(33-35-37)25-15-31-28(36(25)5)26(38)18-10-11-18/h8-9,12-16,18,26,34,38H,10-11H2,1-7H3,(H,32,39). The molecule has 0 saturated heterocycles. The van der Waals surface area contributed by atoms with Gasteiger partial charge in [-0.05, 0) is 66.5 Å². The summed E-state index contributed by atoms with van der Waals surface area (Å²) in [5, 5.41) is 22.1. The fourth-order valence-corrected chi connectivity index (χ4v) is 5.45. The summed E-state index contributed by atoms with van der Waals surface area (Å²) in [6.45, 7) is 7.88. The largest absolute Gasteiger partial charge is 0.492 e. The van der Waals surface area contributed by atoms with Crippen molar-refractivity contribution in [1.29, 1.82) is 0 Å². The van der Waals surface area contributed by atoms with E-state index in [1.165, 1.54) is 7.11 Å². The highest BCUT2D eigenvalue weighted by atomic mass is 32.2. The highest BCUT2D eigenvalue weighted by molar-refractivity contribution is 7.92. The number of carbonyl (C=O) groups is 1. The summed E-state index contributed by atoms with van der Waals surface area (Å²) in [6.07, 6.45) is 5.88. The molecule has 0 bridgehead atoms. The number of benzene rings is 2. The lowest BCUT2D eigenvalue weighted by Crippen LogP contribution is -2.18. The van der Waals surface area contributed by atoms with E-state index in [-0.39, 0.29) is 22.8 Å². The van der Waals surface area contributed by atoms with E-state index >= 15 is 0 Å². The van der Waals surface area contributed by atoms with Crippen molar-refractivity contribution >= 4 is 27.3 Å². The number of imidazole rings is 1. The molecule has 2 aromatic carbocycles. The third-order valence-electron chi connectivity index (χ3n) is 7.53. The summed E-state index contributed by atoms with van der Waals surface area (Å²) < 4.78 is 35.6. The first-order chi connectivity index (χ1) is 20.2. The van der Waals surface area contributed by atoms with Gasteiger partial charge in [0.2, 0.25) is 10.0 Å². The number of anilines is 2. The number of ether oxygens (including phenoxy) is 1. The van der Waals surface area contributed by atoms with Gasteiger partial charge < -0.3 is 19.7 Å². The van der Waals surface area contributed by atoms with Crippen LogP contribution >= 0.6 is 0 Å². The molecule has 0 radical (unpaired) electrons. The lowest BCUT2D eigenvalue weighted by atomic mass is 9.86. The van der Waals surface area contributed by atoms with E-state index in [1.807, 2.05) is 45.4 Å². The number of nitrogens with one attached hydrogen (secondary N) is 2. The summed E-state index contributed by atoms with van der Waals surface area (Å²) >= 11 is 0. The first kappa shape index (κ1) is 30.2. The van der Waals surface area contributed by atoms with Gasteiger partial charge in [-0.25, -0.2) is 18.1 Å². The van der Waals surface area contributed by atoms with Gasteiger partial charge in [0, 0.05) is 12.6 Å². The maximum atomic E-state index is 13.5. The van der Waals surface area contributed by atoms with E-state index in [0.717, 1.165) is 35.9 Å². The quantitative estimate of drug-likeness (QED) is 0.254. The number of methoxy groups -OCH3 is 1. The molecule has 1 unspecified atom stereocenters. The number of rotatable bonds is 9. The highest BCUT2D eigenvalue weighted by Gasteiger charge is 2.34. The predicted molar refractivity (Wildman–Crippen MR) is 164 cm³/mol. The predicted octanol–water partition coefficient (Wildman–Crippen LogP) is 4.35. The summed E-state index contributed by atoms with van der Waals surface area (Å²) in [4.78, 5) is 18.0. The molecule has 5 rings (SSSR count). The first-order valence-corrected chi connectivity index (χ1v) is 15.8. The normalized spacial score (nSPS) is 14.4. The summed E-state index contributed by atoms with van der Waals surface area (Å²) in [5.41, 5.74) is 4.20. The van der Waals surface area contributed by atoms with Crippen LogP contribution in [0.1, 0.15) is 67.0 Å². The third-order valence-corrected chi connectivity index (χ3v) is 8.12. The molecule has 228 valence electrons. The molecule has 2 aromatic heterocycles. The van der Waals surface area contributed by atoms with E-state index in [1.54, 1.807) is 41.3 Å². The number of sulfonamides is 1. The number of carbonyl (C=O) groups excluding carboxylic acids is 1. The van der Waals surface area contributed by atoms with Crippen molar-refractivity contribution in [2.24, 2.45) is 13.0 Å². The van der Waals surface area contributed by atoms with Crippen LogP contribution in [0.3, 0.4) is 0 Å². The van der Waals surface area contributed by atoms with Crippen molar-refractivity contribution in [3.63, 3.8) is 0 Å². The van der Waals surface area contributed by atoms with E-state index in [0.29, 0.717) is 28.5 Å². The Kier molecular flexibility index (Phi) is 7.82. The molecule has 13 heteroatoms.